The molecule has 1 heterocycles. The summed E-state index contributed by atoms with van der Waals surface area (Å²) < 4.78 is 7.81. The second-order valence-corrected chi connectivity index (χ2v) is 6.65. The maximum atomic E-state index is 12.1. The van der Waals surface area contributed by atoms with Crippen molar-refractivity contribution in [3.63, 3.8) is 0 Å². The molecule has 0 aliphatic carbocycles. The van der Waals surface area contributed by atoms with Gasteiger partial charge in [0, 0.05) is 25.5 Å². The van der Waals surface area contributed by atoms with Crippen LogP contribution in [0.15, 0.2) is 61.2 Å². The molecule has 0 unspecified atom stereocenters. The maximum absolute atomic E-state index is 12.1. The Balaban J connectivity index is 1.41. The quantitative estimate of drug-likeness (QED) is 0.665. The van der Waals surface area contributed by atoms with E-state index in [1.54, 1.807) is 12.5 Å². The Labute approximate surface area is 160 Å². The molecule has 1 N–H and O–H groups in total. The van der Waals surface area contributed by atoms with Gasteiger partial charge in [0.15, 0.2) is 0 Å². The van der Waals surface area contributed by atoms with Crippen LogP contribution in [0.4, 0.5) is 0 Å². The predicted molar refractivity (Wildman–Crippen MR) is 106 cm³/mol. The highest BCUT2D eigenvalue weighted by Gasteiger charge is 2.06. The van der Waals surface area contributed by atoms with E-state index >= 15 is 0 Å². The minimum Gasteiger partial charge on any atom is -0.493 e. The topological polar surface area (TPSA) is 56.1 Å². The van der Waals surface area contributed by atoms with Crippen LogP contribution in [-0.2, 0) is 17.9 Å². The smallest absolute Gasteiger partial charge is 0.223 e. The molecule has 5 nitrogen and oxygen atoms in total. The van der Waals surface area contributed by atoms with Gasteiger partial charge in [-0.3, -0.25) is 4.79 Å². The molecule has 27 heavy (non-hydrogen) atoms. The number of imidazole rings is 1. The molecule has 3 aromatic rings. The van der Waals surface area contributed by atoms with Gasteiger partial charge < -0.3 is 14.6 Å². The van der Waals surface area contributed by atoms with Crippen molar-refractivity contribution in [3.05, 3.63) is 83.4 Å². The van der Waals surface area contributed by atoms with Crippen molar-refractivity contribution in [2.45, 2.75) is 33.4 Å². The lowest BCUT2D eigenvalue weighted by Crippen LogP contribution is -2.24. The Kier molecular flexibility index (Phi) is 6.26. The zero-order chi connectivity index (χ0) is 19.1. The Morgan fingerprint density at radius 2 is 1.78 bits per heavy atom. The molecule has 5 heteroatoms. The first-order chi connectivity index (χ1) is 13.1. The number of hydrogen-bond donors (Lipinski definition) is 1. The van der Waals surface area contributed by atoms with Crippen LogP contribution < -0.4 is 10.1 Å². The van der Waals surface area contributed by atoms with Crippen molar-refractivity contribution in [2.75, 3.05) is 6.61 Å². The summed E-state index contributed by atoms with van der Waals surface area (Å²) in [4.78, 5) is 16.1. The molecule has 140 valence electrons. The van der Waals surface area contributed by atoms with Crippen LogP contribution in [0.25, 0.3) is 0 Å². The van der Waals surface area contributed by atoms with Crippen LogP contribution in [0.3, 0.4) is 0 Å². The van der Waals surface area contributed by atoms with Gasteiger partial charge in [-0.25, -0.2) is 4.98 Å². The van der Waals surface area contributed by atoms with E-state index < -0.39 is 0 Å². The maximum Gasteiger partial charge on any atom is 0.223 e. The fourth-order valence-electron chi connectivity index (χ4n) is 2.92. The Morgan fingerprint density at radius 1 is 1.07 bits per heavy atom. The number of nitrogens with one attached hydrogen (secondary N) is 1. The van der Waals surface area contributed by atoms with E-state index in [4.69, 9.17) is 4.74 Å². The fourth-order valence-corrected chi connectivity index (χ4v) is 2.92. The average Bonchev–Trinajstić information content (AvgIpc) is 3.17. The van der Waals surface area contributed by atoms with Crippen LogP contribution in [0.5, 0.6) is 5.75 Å². The molecule has 3 rings (SSSR count). The first kappa shape index (κ1) is 18.7. The molecule has 0 aliphatic heterocycles. The molecule has 0 saturated heterocycles. The van der Waals surface area contributed by atoms with E-state index in [-0.39, 0.29) is 5.91 Å². The Morgan fingerprint density at radius 3 is 2.44 bits per heavy atom. The third-order valence-corrected chi connectivity index (χ3v) is 4.42. The van der Waals surface area contributed by atoms with Gasteiger partial charge in [0.2, 0.25) is 5.91 Å². The summed E-state index contributed by atoms with van der Waals surface area (Å²) in [5.74, 6) is 0.863. The van der Waals surface area contributed by atoms with Gasteiger partial charge in [0.05, 0.1) is 19.4 Å². The van der Waals surface area contributed by atoms with E-state index in [9.17, 15) is 4.79 Å². The van der Waals surface area contributed by atoms with Crippen LogP contribution in [0, 0.1) is 13.8 Å². The number of para-hydroxylation sites is 1. The van der Waals surface area contributed by atoms with E-state index in [0.29, 0.717) is 19.6 Å². The number of hydrogen-bond acceptors (Lipinski definition) is 3. The monoisotopic (exact) mass is 363 g/mol. The highest BCUT2D eigenvalue weighted by molar-refractivity contribution is 5.76. The van der Waals surface area contributed by atoms with Crippen molar-refractivity contribution < 1.29 is 9.53 Å². The van der Waals surface area contributed by atoms with Crippen molar-refractivity contribution in [2.24, 2.45) is 0 Å². The highest BCUT2D eigenvalue weighted by Crippen LogP contribution is 2.22. The second kappa shape index (κ2) is 9.03. The lowest BCUT2D eigenvalue weighted by Gasteiger charge is -2.12. The molecule has 0 atom stereocenters. The number of ether oxygens (including phenoxy) is 1. The minimum atomic E-state index is -0.0104. The number of aromatic nitrogens is 2. The van der Waals surface area contributed by atoms with Gasteiger partial charge in [-0.1, -0.05) is 42.5 Å². The van der Waals surface area contributed by atoms with Crippen molar-refractivity contribution in [1.29, 1.82) is 0 Å². The molecular weight excluding hydrogens is 338 g/mol. The molecule has 0 spiro atoms. The zero-order valence-corrected chi connectivity index (χ0v) is 15.8. The Bertz CT molecular complexity index is 851. The van der Waals surface area contributed by atoms with E-state index in [1.807, 2.05) is 54.9 Å². The molecule has 0 saturated carbocycles. The number of nitrogens with zero attached hydrogens (tertiary/aromatic N) is 2. The largest absolute Gasteiger partial charge is 0.493 e. The summed E-state index contributed by atoms with van der Waals surface area (Å²) >= 11 is 0. The van der Waals surface area contributed by atoms with E-state index in [2.05, 4.69) is 22.4 Å². The third-order valence-electron chi connectivity index (χ3n) is 4.42. The molecule has 1 amide bonds. The van der Waals surface area contributed by atoms with Gasteiger partial charge in [0.25, 0.3) is 0 Å². The van der Waals surface area contributed by atoms with Crippen LogP contribution in [0.1, 0.15) is 28.7 Å². The third kappa shape index (κ3) is 5.45. The van der Waals surface area contributed by atoms with Crippen molar-refractivity contribution >= 4 is 5.91 Å². The SMILES string of the molecule is Cc1cccc(C)c1OCCC(=O)NCc1ccc(Cn2ccnc2)cc1. The molecule has 0 aliphatic rings. The van der Waals surface area contributed by atoms with E-state index in [1.165, 1.54) is 5.56 Å². The number of aryl methyl sites for hydroxylation is 2. The molecule has 0 fully saturated rings. The van der Waals surface area contributed by atoms with Gasteiger partial charge in [-0.2, -0.15) is 0 Å². The normalized spacial score (nSPS) is 10.6. The van der Waals surface area contributed by atoms with Gasteiger partial charge in [0.1, 0.15) is 5.75 Å². The number of carbonyl (C=O) groups is 1. The summed E-state index contributed by atoms with van der Waals surface area (Å²) in [5, 5.41) is 2.95. The highest BCUT2D eigenvalue weighted by atomic mass is 16.5. The summed E-state index contributed by atoms with van der Waals surface area (Å²) in [5.41, 5.74) is 4.45. The summed E-state index contributed by atoms with van der Waals surface area (Å²) in [6.07, 6.45) is 5.85. The first-order valence-corrected chi connectivity index (χ1v) is 9.11. The van der Waals surface area contributed by atoms with Crippen LogP contribution in [-0.4, -0.2) is 22.1 Å². The molecular formula is C22H25N3O2. The summed E-state index contributed by atoms with van der Waals surface area (Å²) in [7, 11) is 0. The molecule has 0 radical (unpaired) electrons. The minimum absolute atomic E-state index is 0.0104. The zero-order valence-electron chi connectivity index (χ0n) is 15.8. The van der Waals surface area contributed by atoms with E-state index in [0.717, 1.165) is 29.0 Å². The molecule has 1 aromatic heterocycles. The van der Waals surface area contributed by atoms with Crippen molar-refractivity contribution in [1.82, 2.24) is 14.9 Å². The second-order valence-electron chi connectivity index (χ2n) is 6.65. The summed E-state index contributed by atoms with van der Waals surface area (Å²) in [6, 6.07) is 14.3. The molecule has 2 aromatic carbocycles. The number of carbonyl (C=O) groups excluding carboxylic acids is 1. The van der Waals surface area contributed by atoms with Crippen molar-refractivity contribution in [3.8, 4) is 5.75 Å². The lowest BCUT2D eigenvalue weighted by molar-refractivity contribution is -0.121. The van der Waals surface area contributed by atoms with Crippen LogP contribution in [0.2, 0.25) is 0 Å². The van der Waals surface area contributed by atoms with Gasteiger partial charge >= 0.3 is 0 Å². The molecule has 0 bridgehead atoms. The van der Waals surface area contributed by atoms with Gasteiger partial charge in [-0.05, 0) is 36.1 Å². The average molecular weight is 363 g/mol. The van der Waals surface area contributed by atoms with Gasteiger partial charge in [-0.15, -0.1) is 0 Å². The predicted octanol–water partition coefficient (Wildman–Crippen LogP) is 3.63. The number of rotatable bonds is 8. The number of amides is 1. The number of benzene rings is 2. The van der Waals surface area contributed by atoms with Crippen LogP contribution >= 0.6 is 0 Å². The lowest BCUT2D eigenvalue weighted by atomic mass is 10.1. The summed E-state index contributed by atoms with van der Waals surface area (Å²) in [6.45, 7) is 5.72. The Hall–Kier alpha value is -3.08. The fraction of sp³-hybridized carbons (Fsp3) is 0.273. The standard InChI is InChI=1S/C22H25N3O2/c1-17-4-3-5-18(2)22(17)27-13-10-21(26)24-14-19-6-8-20(9-7-19)15-25-12-11-23-16-25/h3-9,11-12,16H,10,13-15H2,1-2H3,(H,24,26). The first-order valence-electron chi connectivity index (χ1n) is 9.11.